The molecule has 6 nitrogen and oxygen atoms in total. The maximum atomic E-state index is 4.55. The summed E-state index contributed by atoms with van der Waals surface area (Å²) < 4.78 is 1.82. The normalized spacial score (nSPS) is 24.0. The van der Waals surface area contributed by atoms with Crippen LogP contribution in [0.15, 0.2) is 12.5 Å². The fraction of sp³-hybridized carbons (Fsp3) is 0.667. The first-order valence-corrected chi connectivity index (χ1v) is 7.94. The predicted octanol–water partition coefficient (Wildman–Crippen LogP) is 1.43. The van der Waals surface area contributed by atoms with E-state index in [1.54, 1.807) is 6.33 Å². The Kier molecular flexibility index (Phi) is 3.25. The molecule has 0 unspecified atom stereocenters. The lowest BCUT2D eigenvalue weighted by atomic mass is 10.0. The van der Waals surface area contributed by atoms with Gasteiger partial charge >= 0.3 is 0 Å². The maximum Gasteiger partial charge on any atom is 0.163 e. The van der Waals surface area contributed by atoms with Crippen molar-refractivity contribution in [3.63, 3.8) is 0 Å². The third-order valence-electron chi connectivity index (χ3n) is 4.86. The van der Waals surface area contributed by atoms with E-state index < -0.39 is 0 Å². The van der Waals surface area contributed by atoms with E-state index in [1.807, 2.05) is 17.9 Å². The minimum Gasteiger partial charge on any atom is -0.354 e. The van der Waals surface area contributed by atoms with Crippen molar-refractivity contribution in [1.82, 2.24) is 24.6 Å². The van der Waals surface area contributed by atoms with Gasteiger partial charge in [0.05, 0.1) is 11.6 Å². The highest BCUT2D eigenvalue weighted by Crippen LogP contribution is 2.27. The van der Waals surface area contributed by atoms with Gasteiger partial charge in [0.2, 0.25) is 0 Å². The van der Waals surface area contributed by atoms with Crippen LogP contribution < -0.4 is 4.90 Å². The zero-order valence-corrected chi connectivity index (χ0v) is 12.6. The minimum absolute atomic E-state index is 0.683. The number of piperidine rings is 1. The van der Waals surface area contributed by atoms with Crippen LogP contribution >= 0.6 is 0 Å². The molecule has 0 radical (unpaired) electrons. The Morgan fingerprint density at radius 1 is 1.10 bits per heavy atom. The molecule has 0 aliphatic carbocycles. The summed E-state index contributed by atoms with van der Waals surface area (Å²) in [6.45, 7) is 4.71. The summed E-state index contributed by atoms with van der Waals surface area (Å²) in [5.41, 5.74) is 0.920. The summed E-state index contributed by atoms with van der Waals surface area (Å²) in [5.74, 6) is 1.05. The fourth-order valence-electron chi connectivity index (χ4n) is 3.75. The Bertz CT molecular complexity index is 630. The molecule has 2 aromatic heterocycles. The van der Waals surface area contributed by atoms with Gasteiger partial charge in [-0.1, -0.05) is 0 Å². The summed E-state index contributed by atoms with van der Waals surface area (Å²) >= 11 is 0. The molecule has 0 saturated carbocycles. The number of rotatable bonds is 2. The first-order valence-electron chi connectivity index (χ1n) is 7.94. The number of nitrogens with zero attached hydrogens (tertiary/aromatic N) is 6. The number of anilines is 1. The van der Waals surface area contributed by atoms with Crippen LogP contribution in [0.4, 0.5) is 5.82 Å². The second-order valence-corrected chi connectivity index (χ2v) is 6.19. The van der Waals surface area contributed by atoms with Gasteiger partial charge in [-0.25, -0.2) is 9.97 Å². The molecule has 0 amide bonds. The molecule has 112 valence electrons. The van der Waals surface area contributed by atoms with E-state index in [9.17, 15) is 0 Å². The number of likely N-dealkylation sites (tertiary alicyclic amines) is 1. The van der Waals surface area contributed by atoms with Crippen molar-refractivity contribution in [2.75, 3.05) is 31.1 Å². The van der Waals surface area contributed by atoms with E-state index >= 15 is 0 Å². The van der Waals surface area contributed by atoms with E-state index in [1.165, 1.54) is 38.8 Å². The predicted molar refractivity (Wildman–Crippen MR) is 82.3 cm³/mol. The van der Waals surface area contributed by atoms with Crippen LogP contribution in [0.3, 0.4) is 0 Å². The molecule has 2 aromatic rings. The van der Waals surface area contributed by atoms with E-state index in [0.717, 1.165) is 29.9 Å². The molecule has 6 heteroatoms. The third kappa shape index (κ3) is 2.27. The van der Waals surface area contributed by atoms with Crippen LogP contribution in [0.5, 0.6) is 0 Å². The number of hydrogen-bond acceptors (Lipinski definition) is 5. The second kappa shape index (κ2) is 5.26. The van der Waals surface area contributed by atoms with Crippen molar-refractivity contribution in [2.24, 2.45) is 7.05 Å². The second-order valence-electron chi connectivity index (χ2n) is 6.19. The topological polar surface area (TPSA) is 50.1 Å². The number of hydrogen-bond donors (Lipinski definition) is 0. The van der Waals surface area contributed by atoms with Crippen LogP contribution in [0, 0.1) is 0 Å². The smallest absolute Gasteiger partial charge is 0.163 e. The largest absolute Gasteiger partial charge is 0.354 e. The molecule has 2 aliphatic rings. The highest BCUT2D eigenvalue weighted by atomic mass is 15.3. The summed E-state index contributed by atoms with van der Waals surface area (Å²) in [6.07, 6.45) is 8.83. The van der Waals surface area contributed by atoms with Crippen molar-refractivity contribution < 1.29 is 0 Å². The van der Waals surface area contributed by atoms with Gasteiger partial charge in [0.1, 0.15) is 12.1 Å². The zero-order chi connectivity index (χ0) is 14.2. The Labute approximate surface area is 124 Å². The summed E-state index contributed by atoms with van der Waals surface area (Å²) in [7, 11) is 1.93. The van der Waals surface area contributed by atoms with Gasteiger partial charge in [0.15, 0.2) is 5.65 Å². The quantitative estimate of drug-likeness (QED) is 0.836. The van der Waals surface area contributed by atoms with Crippen LogP contribution in [0.2, 0.25) is 0 Å². The van der Waals surface area contributed by atoms with Crippen molar-refractivity contribution in [3.8, 4) is 0 Å². The lowest BCUT2D eigenvalue weighted by Crippen LogP contribution is -2.47. The number of aryl methyl sites for hydroxylation is 1. The molecule has 0 bridgehead atoms. The SMILES string of the molecule is Cn1ncc2c(N3CCC[C@@H](N4CCCC4)C3)ncnc21. The van der Waals surface area contributed by atoms with Gasteiger partial charge < -0.3 is 4.90 Å². The monoisotopic (exact) mass is 286 g/mol. The van der Waals surface area contributed by atoms with Crippen LogP contribution in [-0.4, -0.2) is 56.9 Å². The molecule has 4 heterocycles. The van der Waals surface area contributed by atoms with E-state index in [2.05, 4.69) is 24.9 Å². The Morgan fingerprint density at radius 2 is 1.95 bits per heavy atom. The van der Waals surface area contributed by atoms with Gasteiger partial charge in [-0.3, -0.25) is 9.58 Å². The van der Waals surface area contributed by atoms with Crippen molar-refractivity contribution in [3.05, 3.63) is 12.5 Å². The first-order chi connectivity index (χ1) is 10.3. The van der Waals surface area contributed by atoms with Crippen molar-refractivity contribution in [2.45, 2.75) is 31.7 Å². The van der Waals surface area contributed by atoms with Gasteiger partial charge in [-0.2, -0.15) is 5.10 Å². The van der Waals surface area contributed by atoms with Crippen LogP contribution in [0.1, 0.15) is 25.7 Å². The van der Waals surface area contributed by atoms with E-state index in [-0.39, 0.29) is 0 Å². The van der Waals surface area contributed by atoms with E-state index in [0.29, 0.717) is 6.04 Å². The van der Waals surface area contributed by atoms with Crippen LogP contribution in [0.25, 0.3) is 11.0 Å². The molecule has 0 aromatic carbocycles. The Morgan fingerprint density at radius 3 is 2.81 bits per heavy atom. The van der Waals surface area contributed by atoms with Gasteiger partial charge in [-0.15, -0.1) is 0 Å². The molecular weight excluding hydrogens is 264 g/mol. The fourth-order valence-corrected chi connectivity index (χ4v) is 3.75. The molecule has 4 rings (SSSR count). The average molecular weight is 286 g/mol. The standard InChI is InChI=1S/C15H22N6/c1-19-14-13(9-18-19)15(17-11-16-14)21-8-4-5-12(10-21)20-6-2-3-7-20/h9,11-12H,2-8,10H2,1H3/t12-/m1/s1. The molecule has 2 aliphatic heterocycles. The maximum absolute atomic E-state index is 4.55. The molecule has 2 saturated heterocycles. The molecule has 0 N–H and O–H groups in total. The summed E-state index contributed by atoms with van der Waals surface area (Å²) in [6, 6.07) is 0.683. The number of aromatic nitrogens is 4. The van der Waals surface area contributed by atoms with Crippen molar-refractivity contribution >= 4 is 16.9 Å². The van der Waals surface area contributed by atoms with Gasteiger partial charge in [-0.05, 0) is 38.8 Å². The molecule has 0 spiro atoms. The molecular formula is C15H22N6. The Balaban J connectivity index is 1.62. The average Bonchev–Trinajstić information content (AvgIpc) is 3.18. The van der Waals surface area contributed by atoms with Gasteiger partial charge in [0, 0.05) is 26.2 Å². The third-order valence-corrected chi connectivity index (χ3v) is 4.86. The lowest BCUT2D eigenvalue weighted by molar-refractivity contribution is 0.215. The molecule has 1 atom stereocenters. The Hall–Kier alpha value is -1.69. The summed E-state index contributed by atoms with van der Waals surface area (Å²) in [4.78, 5) is 14.0. The van der Waals surface area contributed by atoms with E-state index in [4.69, 9.17) is 0 Å². The minimum atomic E-state index is 0.683. The highest BCUT2D eigenvalue weighted by Gasteiger charge is 2.28. The molecule has 21 heavy (non-hydrogen) atoms. The highest BCUT2D eigenvalue weighted by molar-refractivity contribution is 5.86. The summed E-state index contributed by atoms with van der Waals surface area (Å²) in [5, 5.41) is 5.40. The van der Waals surface area contributed by atoms with Crippen molar-refractivity contribution in [1.29, 1.82) is 0 Å². The first kappa shape index (κ1) is 13.0. The zero-order valence-electron chi connectivity index (χ0n) is 12.6. The number of fused-ring (bicyclic) bond motifs is 1. The lowest BCUT2D eigenvalue weighted by Gasteiger charge is -2.38. The van der Waals surface area contributed by atoms with Gasteiger partial charge in [0.25, 0.3) is 0 Å². The van der Waals surface area contributed by atoms with Crippen LogP contribution in [-0.2, 0) is 7.05 Å². The molecule has 2 fully saturated rings.